The highest BCUT2D eigenvalue weighted by molar-refractivity contribution is 6.08. The lowest BCUT2D eigenvalue weighted by Gasteiger charge is -2.14. The lowest BCUT2D eigenvalue weighted by Crippen LogP contribution is -2.22. The van der Waals surface area contributed by atoms with Crippen molar-refractivity contribution in [1.29, 1.82) is 0 Å². The van der Waals surface area contributed by atoms with Crippen molar-refractivity contribution in [1.82, 2.24) is 0 Å². The number of anilines is 5. The standard InChI is InChI=1S/C33H23N5O3/c1-4-22-10-14-26(15-11-22)35-32(40)37-29-19-25(31(39)34-28-9-7-8-24(6-3)18-28)20-30(21-29)38-33(41)36-27-16-12-23(5-2)13-17-27/h1-3,7-21H,(H,34,39)(H2,35,37,40)(H2,36,38,41). The van der Waals surface area contributed by atoms with Gasteiger partial charge in [0.15, 0.2) is 0 Å². The number of nitrogens with one attached hydrogen (secondary N) is 5. The van der Waals surface area contributed by atoms with Crippen LogP contribution >= 0.6 is 0 Å². The van der Waals surface area contributed by atoms with Gasteiger partial charge in [-0.05, 0) is 84.9 Å². The molecule has 8 nitrogen and oxygen atoms in total. The summed E-state index contributed by atoms with van der Waals surface area (Å²) in [6, 6.07) is 23.5. The second kappa shape index (κ2) is 12.9. The summed E-state index contributed by atoms with van der Waals surface area (Å²) >= 11 is 0. The number of amides is 5. The molecule has 0 fully saturated rings. The molecule has 0 aliphatic rings. The minimum atomic E-state index is -0.568. The van der Waals surface area contributed by atoms with Gasteiger partial charge in [-0.15, -0.1) is 19.3 Å². The van der Waals surface area contributed by atoms with Crippen LogP contribution in [-0.2, 0) is 0 Å². The number of terminal acetylenes is 3. The van der Waals surface area contributed by atoms with Crippen molar-refractivity contribution < 1.29 is 14.4 Å². The number of carbonyl (C=O) groups excluding carboxylic acids is 3. The Morgan fingerprint density at radius 3 is 1.39 bits per heavy atom. The van der Waals surface area contributed by atoms with E-state index in [9.17, 15) is 14.4 Å². The van der Waals surface area contributed by atoms with E-state index in [1.165, 1.54) is 18.2 Å². The van der Waals surface area contributed by atoms with Crippen LogP contribution in [0.5, 0.6) is 0 Å². The number of rotatable bonds is 6. The van der Waals surface area contributed by atoms with Crippen LogP contribution in [0.15, 0.2) is 91.0 Å². The van der Waals surface area contributed by atoms with Crippen LogP contribution in [-0.4, -0.2) is 18.0 Å². The van der Waals surface area contributed by atoms with E-state index in [0.29, 0.717) is 33.8 Å². The quantitative estimate of drug-likeness (QED) is 0.190. The number of hydrogen-bond donors (Lipinski definition) is 5. The topological polar surface area (TPSA) is 111 Å². The van der Waals surface area contributed by atoms with E-state index in [2.05, 4.69) is 44.3 Å². The van der Waals surface area contributed by atoms with E-state index in [1.807, 2.05) is 0 Å². The van der Waals surface area contributed by atoms with Gasteiger partial charge in [-0.25, -0.2) is 9.59 Å². The fourth-order valence-electron chi connectivity index (χ4n) is 3.68. The van der Waals surface area contributed by atoms with Gasteiger partial charge in [-0.3, -0.25) is 4.79 Å². The molecule has 0 aromatic heterocycles. The van der Waals surface area contributed by atoms with Gasteiger partial charge in [0.25, 0.3) is 5.91 Å². The molecular formula is C33H23N5O3. The minimum Gasteiger partial charge on any atom is -0.322 e. The molecule has 5 N–H and O–H groups in total. The van der Waals surface area contributed by atoms with Crippen molar-refractivity contribution in [3.05, 3.63) is 113 Å². The third-order valence-electron chi connectivity index (χ3n) is 5.62. The molecule has 198 valence electrons. The first-order valence-electron chi connectivity index (χ1n) is 12.2. The van der Waals surface area contributed by atoms with Crippen LogP contribution in [0.2, 0.25) is 0 Å². The Kier molecular flexibility index (Phi) is 8.67. The van der Waals surface area contributed by atoms with Crippen LogP contribution in [0.3, 0.4) is 0 Å². The lowest BCUT2D eigenvalue weighted by atomic mass is 10.1. The number of hydrogen-bond acceptors (Lipinski definition) is 3. The maximum atomic E-state index is 13.1. The van der Waals surface area contributed by atoms with E-state index in [4.69, 9.17) is 19.3 Å². The molecule has 0 atom stereocenters. The second-order valence-corrected chi connectivity index (χ2v) is 8.58. The summed E-state index contributed by atoms with van der Waals surface area (Å²) in [5.74, 6) is 7.04. The Hall–Kier alpha value is -6.43. The molecular weight excluding hydrogens is 514 g/mol. The van der Waals surface area contributed by atoms with Gasteiger partial charge in [0.1, 0.15) is 0 Å². The van der Waals surface area contributed by atoms with Crippen molar-refractivity contribution >= 4 is 46.4 Å². The molecule has 41 heavy (non-hydrogen) atoms. The Balaban J connectivity index is 1.55. The molecule has 8 heteroatoms. The number of carbonyl (C=O) groups is 3. The van der Waals surface area contributed by atoms with Gasteiger partial charge in [-0.2, -0.15) is 0 Å². The normalized spacial score (nSPS) is 9.68. The van der Waals surface area contributed by atoms with Gasteiger partial charge in [0.2, 0.25) is 0 Å². The molecule has 0 saturated carbocycles. The van der Waals surface area contributed by atoms with E-state index < -0.39 is 18.0 Å². The highest BCUT2D eigenvalue weighted by Gasteiger charge is 2.13. The van der Waals surface area contributed by atoms with Gasteiger partial charge < -0.3 is 26.6 Å². The third kappa shape index (κ3) is 7.78. The SMILES string of the molecule is C#Cc1ccc(NC(=O)Nc2cc(NC(=O)Nc3ccc(C#C)cc3)cc(C(=O)Nc3cccc(C#C)c3)c2)cc1. The molecule has 0 unspecified atom stereocenters. The summed E-state index contributed by atoms with van der Waals surface area (Å²) in [7, 11) is 0. The summed E-state index contributed by atoms with van der Waals surface area (Å²) in [5, 5.41) is 13.5. The van der Waals surface area contributed by atoms with Crippen molar-refractivity contribution in [2.75, 3.05) is 26.6 Å². The minimum absolute atomic E-state index is 0.168. The lowest BCUT2D eigenvalue weighted by molar-refractivity contribution is 0.102. The Bertz CT molecular complexity index is 1650. The smallest absolute Gasteiger partial charge is 0.322 e. The number of urea groups is 2. The van der Waals surface area contributed by atoms with Crippen LogP contribution in [0.1, 0.15) is 27.0 Å². The predicted octanol–water partition coefficient (Wildman–Crippen LogP) is 6.17. The maximum Gasteiger partial charge on any atom is 0.323 e. The van der Waals surface area contributed by atoms with Gasteiger partial charge >= 0.3 is 12.1 Å². The van der Waals surface area contributed by atoms with Crippen LogP contribution in [0, 0.1) is 37.0 Å². The molecule has 0 aliphatic heterocycles. The Morgan fingerprint density at radius 1 is 0.463 bits per heavy atom. The van der Waals surface area contributed by atoms with Crippen molar-refractivity contribution in [3.8, 4) is 37.0 Å². The fraction of sp³-hybridized carbons (Fsp3) is 0. The average Bonchev–Trinajstić information content (AvgIpc) is 2.97. The fourth-order valence-corrected chi connectivity index (χ4v) is 3.68. The summed E-state index contributed by atoms with van der Waals surface area (Å²) in [6.07, 6.45) is 16.2. The Morgan fingerprint density at radius 2 is 0.927 bits per heavy atom. The molecule has 0 aliphatic carbocycles. The van der Waals surface area contributed by atoms with E-state index in [-0.39, 0.29) is 16.9 Å². The highest BCUT2D eigenvalue weighted by Crippen LogP contribution is 2.22. The van der Waals surface area contributed by atoms with E-state index >= 15 is 0 Å². The first-order chi connectivity index (χ1) is 19.8. The molecule has 4 aromatic carbocycles. The zero-order valence-electron chi connectivity index (χ0n) is 21.6. The van der Waals surface area contributed by atoms with Crippen molar-refractivity contribution in [2.24, 2.45) is 0 Å². The highest BCUT2D eigenvalue weighted by atomic mass is 16.2. The van der Waals surface area contributed by atoms with Crippen molar-refractivity contribution in [2.45, 2.75) is 0 Å². The zero-order chi connectivity index (χ0) is 29.2. The van der Waals surface area contributed by atoms with E-state index in [0.717, 1.165) is 0 Å². The van der Waals surface area contributed by atoms with Gasteiger partial charge in [-0.1, -0.05) is 23.8 Å². The van der Waals surface area contributed by atoms with Crippen LogP contribution in [0.4, 0.5) is 38.0 Å². The maximum absolute atomic E-state index is 13.1. The zero-order valence-corrected chi connectivity index (χ0v) is 21.6. The van der Waals surface area contributed by atoms with Crippen LogP contribution < -0.4 is 26.6 Å². The third-order valence-corrected chi connectivity index (χ3v) is 5.62. The molecule has 5 amide bonds. The molecule has 0 bridgehead atoms. The first kappa shape index (κ1) is 27.6. The Labute approximate surface area is 237 Å². The second-order valence-electron chi connectivity index (χ2n) is 8.58. The monoisotopic (exact) mass is 537 g/mol. The summed E-state index contributed by atoms with van der Waals surface area (Å²) in [5.41, 5.74) is 4.12. The summed E-state index contributed by atoms with van der Waals surface area (Å²) in [4.78, 5) is 38.6. The van der Waals surface area contributed by atoms with Gasteiger partial charge in [0, 0.05) is 50.7 Å². The molecule has 0 radical (unpaired) electrons. The summed E-state index contributed by atoms with van der Waals surface area (Å²) in [6.45, 7) is 0. The molecule has 0 spiro atoms. The molecule has 0 heterocycles. The van der Waals surface area contributed by atoms with E-state index in [1.54, 1.807) is 72.8 Å². The first-order valence-corrected chi connectivity index (χ1v) is 12.2. The van der Waals surface area contributed by atoms with Crippen LogP contribution in [0.25, 0.3) is 0 Å². The molecule has 4 aromatic rings. The summed E-state index contributed by atoms with van der Waals surface area (Å²) < 4.78 is 0. The van der Waals surface area contributed by atoms with Crippen molar-refractivity contribution in [3.63, 3.8) is 0 Å². The molecule has 0 saturated heterocycles. The van der Waals surface area contributed by atoms with Gasteiger partial charge in [0.05, 0.1) is 0 Å². The predicted molar refractivity (Wildman–Crippen MR) is 163 cm³/mol. The number of benzene rings is 4. The average molecular weight is 538 g/mol. The molecule has 4 rings (SSSR count). The largest absolute Gasteiger partial charge is 0.323 e.